The summed E-state index contributed by atoms with van der Waals surface area (Å²) in [6.07, 6.45) is 3.14. The maximum Gasteiger partial charge on any atom is 0.309 e. The number of esters is 1. The van der Waals surface area contributed by atoms with E-state index >= 15 is 0 Å². The Morgan fingerprint density at radius 1 is 1.40 bits per heavy atom. The lowest BCUT2D eigenvalue weighted by Gasteiger charge is -2.30. The van der Waals surface area contributed by atoms with Crippen LogP contribution in [0.25, 0.3) is 6.08 Å². The zero-order valence-electron chi connectivity index (χ0n) is 8.01. The zero-order valence-corrected chi connectivity index (χ0v) is 8.01. The predicted molar refractivity (Wildman–Crippen MR) is 53.9 cm³/mol. The molecule has 0 spiro atoms. The van der Waals surface area contributed by atoms with E-state index in [0.717, 1.165) is 11.1 Å². The van der Waals surface area contributed by atoms with Crippen LogP contribution in [-0.2, 0) is 15.1 Å². The third kappa shape index (κ3) is 1.07. The summed E-state index contributed by atoms with van der Waals surface area (Å²) in [5, 5.41) is 10.4. The Hall–Kier alpha value is -1.61. The molecule has 0 radical (unpaired) electrons. The van der Waals surface area contributed by atoms with Crippen LogP contribution in [0, 0.1) is 0 Å². The third-order valence-corrected chi connectivity index (χ3v) is 3.02. The molecule has 0 aromatic heterocycles. The fraction of sp³-hybridized carbons (Fsp3) is 0.250. The molecule has 1 heterocycles. The first-order chi connectivity index (χ1) is 7.20. The molecule has 2 aliphatic rings. The van der Waals surface area contributed by atoms with Gasteiger partial charge in [-0.15, -0.1) is 0 Å². The molecule has 1 aliphatic heterocycles. The molecule has 1 fully saturated rings. The third-order valence-electron chi connectivity index (χ3n) is 3.02. The van der Waals surface area contributed by atoms with Crippen molar-refractivity contribution in [2.45, 2.75) is 18.1 Å². The molecule has 3 heteroatoms. The van der Waals surface area contributed by atoms with Gasteiger partial charge in [0.25, 0.3) is 0 Å². The number of ether oxygens (including phenoxy) is 1. The number of benzene rings is 1. The first kappa shape index (κ1) is 8.68. The summed E-state index contributed by atoms with van der Waals surface area (Å²) >= 11 is 0. The smallest absolute Gasteiger partial charge is 0.309 e. The molecule has 3 rings (SSSR count). The van der Waals surface area contributed by atoms with Gasteiger partial charge in [0, 0.05) is 0 Å². The van der Waals surface area contributed by atoms with Crippen LogP contribution in [0.2, 0.25) is 0 Å². The van der Waals surface area contributed by atoms with Gasteiger partial charge in [-0.3, -0.25) is 4.79 Å². The highest BCUT2D eigenvalue weighted by atomic mass is 16.6. The highest BCUT2D eigenvalue weighted by Gasteiger charge is 2.50. The van der Waals surface area contributed by atoms with Gasteiger partial charge in [-0.2, -0.15) is 0 Å². The summed E-state index contributed by atoms with van der Waals surface area (Å²) in [6.45, 7) is 0. The molecule has 2 unspecified atom stereocenters. The molecule has 15 heavy (non-hydrogen) atoms. The van der Waals surface area contributed by atoms with Crippen molar-refractivity contribution < 1.29 is 14.6 Å². The number of hydrogen-bond donors (Lipinski definition) is 1. The second-order valence-electron chi connectivity index (χ2n) is 3.96. The molecule has 1 saturated heterocycles. The van der Waals surface area contributed by atoms with Crippen LogP contribution >= 0.6 is 0 Å². The van der Waals surface area contributed by atoms with Crippen LogP contribution in [0.15, 0.2) is 30.3 Å². The van der Waals surface area contributed by atoms with Crippen LogP contribution in [-0.4, -0.2) is 17.2 Å². The molecular weight excluding hydrogens is 192 g/mol. The van der Waals surface area contributed by atoms with E-state index in [1.807, 2.05) is 30.3 Å². The lowest BCUT2D eigenvalue weighted by molar-refractivity contribution is -0.140. The minimum Gasteiger partial charge on any atom is -0.455 e. The van der Waals surface area contributed by atoms with Crippen LogP contribution in [0.4, 0.5) is 0 Å². The van der Waals surface area contributed by atoms with Crippen LogP contribution in [0.1, 0.15) is 17.5 Å². The number of fused-ring (bicyclic) bond motifs is 3. The number of rotatable bonds is 0. The highest BCUT2D eigenvalue weighted by molar-refractivity contribution is 5.77. The van der Waals surface area contributed by atoms with Crippen molar-refractivity contribution in [2.24, 2.45) is 0 Å². The molecule has 3 nitrogen and oxygen atoms in total. The van der Waals surface area contributed by atoms with Gasteiger partial charge in [-0.1, -0.05) is 30.3 Å². The van der Waals surface area contributed by atoms with E-state index in [9.17, 15) is 9.90 Å². The van der Waals surface area contributed by atoms with Crippen molar-refractivity contribution in [1.82, 2.24) is 0 Å². The summed E-state index contributed by atoms with van der Waals surface area (Å²) in [5.41, 5.74) is 0.570. The van der Waals surface area contributed by atoms with Crippen molar-refractivity contribution in [3.8, 4) is 0 Å². The molecule has 1 aromatic carbocycles. The van der Waals surface area contributed by atoms with Crippen molar-refractivity contribution in [3.63, 3.8) is 0 Å². The Balaban J connectivity index is 2.20. The van der Waals surface area contributed by atoms with E-state index in [2.05, 4.69) is 0 Å². The summed E-state index contributed by atoms with van der Waals surface area (Å²) in [6, 6.07) is 7.52. The van der Waals surface area contributed by atoms with Crippen LogP contribution < -0.4 is 0 Å². The Kier molecular flexibility index (Phi) is 1.56. The van der Waals surface area contributed by atoms with Gasteiger partial charge < -0.3 is 9.84 Å². The Labute approximate surface area is 87.0 Å². The minimum absolute atomic E-state index is 0.0407. The fourth-order valence-corrected chi connectivity index (χ4v) is 2.28. The van der Waals surface area contributed by atoms with E-state index in [1.165, 1.54) is 0 Å². The molecule has 0 amide bonds. The lowest BCUT2D eigenvalue weighted by Crippen LogP contribution is -2.36. The Morgan fingerprint density at radius 2 is 2.20 bits per heavy atom. The molecule has 0 bridgehead atoms. The Bertz CT molecular complexity index is 464. The standard InChI is InChI=1S/C12H10O3/c13-11-7-12(14)9-4-2-1-3-8(9)5-6-10(12)15-11/h1-6,10,14H,7H2. The predicted octanol–water partition coefficient (Wildman–Crippen LogP) is 1.22. The van der Waals surface area contributed by atoms with Crippen molar-refractivity contribution in [1.29, 1.82) is 0 Å². The summed E-state index contributed by atoms with van der Waals surface area (Å²) in [7, 11) is 0. The topological polar surface area (TPSA) is 46.5 Å². The van der Waals surface area contributed by atoms with Gasteiger partial charge in [-0.05, 0) is 17.2 Å². The summed E-state index contributed by atoms with van der Waals surface area (Å²) < 4.78 is 5.05. The SMILES string of the molecule is O=C1CC2(O)c3ccccc3C=CC2O1. The van der Waals surface area contributed by atoms with Gasteiger partial charge >= 0.3 is 5.97 Å². The molecule has 1 N–H and O–H groups in total. The maximum absolute atomic E-state index is 11.2. The average Bonchev–Trinajstić information content (AvgIpc) is 2.53. The van der Waals surface area contributed by atoms with Gasteiger partial charge in [0.15, 0.2) is 6.10 Å². The molecule has 2 atom stereocenters. The zero-order chi connectivity index (χ0) is 10.5. The number of carbonyl (C=O) groups excluding carboxylic acids is 1. The fourth-order valence-electron chi connectivity index (χ4n) is 2.28. The molecular formula is C12H10O3. The number of carbonyl (C=O) groups is 1. The monoisotopic (exact) mass is 202 g/mol. The maximum atomic E-state index is 11.2. The average molecular weight is 202 g/mol. The molecule has 76 valence electrons. The quantitative estimate of drug-likeness (QED) is 0.643. The molecule has 1 aliphatic carbocycles. The van der Waals surface area contributed by atoms with E-state index in [0.29, 0.717) is 0 Å². The van der Waals surface area contributed by atoms with Gasteiger partial charge in [0.1, 0.15) is 5.60 Å². The van der Waals surface area contributed by atoms with Crippen LogP contribution in [0.3, 0.4) is 0 Å². The van der Waals surface area contributed by atoms with E-state index in [4.69, 9.17) is 4.74 Å². The van der Waals surface area contributed by atoms with E-state index < -0.39 is 11.7 Å². The van der Waals surface area contributed by atoms with E-state index in [1.54, 1.807) is 6.08 Å². The number of hydrogen-bond acceptors (Lipinski definition) is 3. The second-order valence-corrected chi connectivity index (χ2v) is 3.96. The Morgan fingerprint density at radius 3 is 3.07 bits per heavy atom. The van der Waals surface area contributed by atoms with Crippen molar-refractivity contribution in [3.05, 3.63) is 41.5 Å². The number of aliphatic hydroxyl groups is 1. The normalized spacial score (nSPS) is 32.1. The first-order valence-corrected chi connectivity index (χ1v) is 4.90. The second kappa shape index (κ2) is 2.70. The molecule has 0 saturated carbocycles. The molecule has 1 aromatic rings. The summed E-state index contributed by atoms with van der Waals surface area (Å²) in [5.74, 6) is -0.344. The lowest BCUT2D eigenvalue weighted by atomic mass is 9.80. The largest absolute Gasteiger partial charge is 0.455 e. The van der Waals surface area contributed by atoms with Gasteiger partial charge in [0.2, 0.25) is 0 Å². The highest BCUT2D eigenvalue weighted by Crippen LogP contribution is 2.42. The summed E-state index contributed by atoms with van der Waals surface area (Å²) in [4.78, 5) is 11.2. The van der Waals surface area contributed by atoms with Crippen molar-refractivity contribution in [2.75, 3.05) is 0 Å². The van der Waals surface area contributed by atoms with E-state index in [-0.39, 0.29) is 12.4 Å². The first-order valence-electron chi connectivity index (χ1n) is 4.90. The van der Waals surface area contributed by atoms with Gasteiger partial charge in [0.05, 0.1) is 6.42 Å². The minimum atomic E-state index is -1.16. The van der Waals surface area contributed by atoms with Crippen LogP contribution in [0.5, 0.6) is 0 Å². The van der Waals surface area contributed by atoms with Crippen molar-refractivity contribution >= 4 is 12.0 Å². The van der Waals surface area contributed by atoms with Gasteiger partial charge in [-0.25, -0.2) is 0 Å².